The number of hydrogen-bond acceptors (Lipinski definition) is 7. The van der Waals surface area contributed by atoms with Gasteiger partial charge in [0, 0.05) is 6.54 Å². The quantitative estimate of drug-likeness (QED) is 0.166. The molecule has 12 nitrogen and oxygen atoms in total. The molecule has 258 valence electrons. The Morgan fingerprint density at radius 2 is 1.52 bits per heavy atom. The Morgan fingerprint density at radius 1 is 0.891 bits per heavy atom. The topological polar surface area (TPSA) is 177 Å². The number of amides is 5. The summed E-state index contributed by atoms with van der Waals surface area (Å²) in [5, 5.41) is 8.53. The van der Waals surface area contributed by atoms with Gasteiger partial charge in [-0.1, -0.05) is 66.7 Å². The molecule has 3 saturated carbocycles. The van der Waals surface area contributed by atoms with Crippen LogP contribution in [0, 0.1) is 29.1 Å². The van der Waals surface area contributed by atoms with Gasteiger partial charge in [-0.15, -0.1) is 0 Å². The maximum atomic E-state index is 14.4. The van der Waals surface area contributed by atoms with E-state index in [1.165, 1.54) is 4.90 Å². The summed E-state index contributed by atoms with van der Waals surface area (Å²) in [5.74, 6) is -2.27. The number of carbonyl (C=O) groups excluding carboxylic acids is 6. The highest BCUT2D eigenvalue weighted by atomic mass is 16.5. The highest BCUT2D eigenvalue weighted by Crippen LogP contribution is 2.36. The number of urea groups is 1. The van der Waals surface area contributed by atoms with Gasteiger partial charge in [-0.25, -0.2) is 9.59 Å². The van der Waals surface area contributed by atoms with Gasteiger partial charge in [0.15, 0.2) is 0 Å². The van der Waals surface area contributed by atoms with Crippen molar-refractivity contribution < 1.29 is 33.5 Å². The van der Waals surface area contributed by atoms with Gasteiger partial charge in [-0.05, 0) is 74.0 Å². The largest absolute Gasteiger partial charge is 0.464 e. The molecule has 4 fully saturated rings. The van der Waals surface area contributed by atoms with Crippen molar-refractivity contribution in [3.8, 4) is 0 Å². The van der Waals surface area contributed by atoms with E-state index in [-0.39, 0.29) is 11.8 Å². The minimum absolute atomic E-state index is 0.0367. The molecule has 12 heteroatoms. The molecule has 1 aliphatic heterocycles. The number of carbonyl (C=O) groups is 6. The molecule has 0 aromatic heterocycles. The molecule has 0 aromatic carbocycles. The van der Waals surface area contributed by atoms with Crippen LogP contribution in [0.2, 0.25) is 0 Å². The Bertz CT molecular complexity index is 1170. The highest BCUT2D eigenvalue weighted by molar-refractivity contribution is 6.37. The lowest BCUT2D eigenvalue weighted by Gasteiger charge is -2.38. The molecule has 4 aliphatic rings. The van der Waals surface area contributed by atoms with E-state index in [4.69, 9.17) is 10.5 Å². The third-order valence-corrected chi connectivity index (χ3v) is 9.91. The first kappa shape index (κ1) is 35.7. The maximum Gasteiger partial charge on any atom is 0.331 e. The smallest absolute Gasteiger partial charge is 0.331 e. The molecule has 0 radical (unpaired) electrons. The molecule has 5 N–H and O–H groups in total. The first-order chi connectivity index (χ1) is 21.6. The summed E-state index contributed by atoms with van der Waals surface area (Å²) >= 11 is 0. The van der Waals surface area contributed by atoms with Crippen molar-refractivity contribution >= 4 is 35.5 Å². The highest BCUT2D eigenvalue weighted by Gasteiger charge is 2.48. The summed E-state index contributed by atoms with van der Waals surface area (Å²) in [6, 6.07) is -3.56. The molecule has 3 aliphatic carbocycles. The Hall–Kier alpha value is -3.18. The fourth-order valence-electron chi connectivity index (χ4n) is 6.96. The molecular formula is C34H55N5O7. The number of nitrogens with two attached hydrogens (primary N) is 1. The second-order valence-electron chi connectivity index (χ2n) is 15.8. The monoisotopic (exact) mass is 645 g/mol. The number of nitrogens with one attached hydrogen (secondary N) is 3. The summed E-state index contributed by atoms with van der Waals surface area (Å²) in [7, 11) is 0. The molecule has 4 rings (SSSR count). The van der Waals surface area contributed by atoms with Gasteiger partial charge in [0.1, 0.15) is 17.6 Å². The minimum atomic E-state index is -1.15. The van der Waals surface area contributed by atoms with Gasteiger partial charge in [0.05, 0.1) is 12.6 Å². The standard InChI is InChI=1S/C34H55N5O7/c1-20(2)15-23-17-25(29(42)36-24(16-21-9-10-21)26(40)28(35)41)39(18-23)30(43)27(33(3,4)5)37-32(45)38-34(13-7-6-8-14-34)31(44)46-19-22-11-12-22/h20-25,27H,6-19H2,1-5H3,(H2,35,41)(H,36,42)(H2,37,38,45)/t23-,24?,25+,27-/m1/s1. The van der Waals surface area contributed by atoms with Crippen molar-refractivity contribution in [2.75, 3.05) is 13.2 Å². The van der Waals surface area contributed by atoms with Gasteiger partial charge in [0.25, 0.3) is 5.91 Å². The first-order valence-corrected chi connectivity index (χ1v) is 17.3. The number of nitrogens with zero attached hydrogens (tertiary/aromatic N) is 1. The van der Waals surface area contributed by atoms with Crippen LogP contribution in [0.3, 0.4) is 0 Å². The third-order valence-electron chi connectivity index (χ3n) is 9.91. The molecule has 1 saturated heterocycles. The van der Waals surface area contributed by atoms with E-state index in [1.807, 2.05) is 20.8 Å². The SMILES string of the molecule is CC(C)C[C@@H]1C[C@@H](C(=O)NC(CC2CC2)C(=O)C(N)=O)N(C(=O)[C@@H](NC(=O)NC2(C(=O)OCC3CC3)CCCCC2)C(C)(C)C)C1. The number of ketones is 1. The number of Topliss-reactive ketones (excluding diaryl/α,β-unsaturated/α-hetero) is 1. The average molecular weight is 646 g/mol. The van der Waals surface area contributed by atoms with Crippen LogP contribution in [0.15, 0.2) is 0 Å². The Kier molecular flexibility index (Phi) is 11.4. The van der Waals surface area contributed by atoms with Crippen molar-refractivity contribution in [1.82, 2.24) is 20.9 Å². The molecule has 1 heterocycles. The molecule has 0 bridgehead atoms. The van der Waals surface area contributed by atoms with E-state index in [0.717, 1.165) is 51.4 Å². The predicted molar refractivity (Wildman–Crippen MR) is 171 cm³/mol. The van der Waals surface area contributed by atoms with E-state index in [2.05, 4.69) is 29.8 Å². The summed E-state index contributed by atoms with van der Waals surface area (Å²) in [6.07, 6.45) is 8.91. The number of hydrogen-bond donors (Lipinski definition) is 4. The van der Waals surface area contributed by atoms with Crippen LogP contribution in [0.5, 0.6) is 0 Å². The summed E-state index contributed by atoms with van der Waals surface area (Å²) in [4.78, 5) is 80.8. The number of esters is 1. The van der Waals surface area contributed by atoms with Crippen LogP contribution in [0.25, 0.3) is 0 Å². The number of primary amides is 1. The van der Waals surface area contributed by atoms with Gasteiger partial charge in [-0.2, -0.15) is 0 Å². The molecule has 0 spiro atoms. The molecule has 46 heavy (non-hydrogen) atoms. The molecule has 0 aromatic rings. The minimum Gasteiger partial charge on any atom is -0.464 e. The summed E-state index contributed by atoms with van der Waals surface area (Å²) < 4.78 is 5.63. The Morgan fingerprint density at radius 3 is 2.07 bits per heavy atom. The van der Waals surface area contributed by atoms with Gasteiger partial charge in [0.2, 0.25) is 17.6 Å². The van der Waals surface area contributed by atoms with Crippen molar-refractivity contribution in [3.63, 3.8) is 0 Å². The van der Waals surface area contributed by atoms with Crippen LogP contribution in [-0.4, -0.2) is 77.2 Å². The Labute approximate surface area is 273 Å². The lowest BCUT2D eigenvalue weighted by Crippen LogP contribution is -2.64. The summed E-state index contributed by atoms with van der Waals surface area (Å²) in [6.45, 7) is 10.3. The lowest BCUT2D eigenvalue weighted by molar-refractivity contribution is -0.153. The van der Waals surface area contributed by atoms with Crippen LogP contribution >= 0.6 is 0 Å². The second-order valence-corrected chi connectivity index (χ2v) is 15.8. The zero-order chi connectivity index (χ0) is 33.8. The second kappa shape index (κ2) is 14.7. The zero-order valence-electron chi connectivity index (χ0n) is 28.3. The van der Waals surface area contributed by atoms with E-state index in [0.29, 0.717) is 50.7 Å². The maximum absolute atomic E-state index is 14.4. The number of likely N-dealkylation sites (tertiary alicyclic amines) is 1. The fourth-order valence-corrected chi connectivity index (χ4v) is 6.96. The van der Waals surface area contributed by atoms with Gasteiger partial charge >= 0.3 is 12.0 Å². The van der Waals surface area contributed by atoms with Crippen LogP contribution in [-0.2, 0) is 28.7 Å². The summed E-state index contributed by atoms with van der Waals surface area (Å²) in [5.41, 5.74) is 3.41. The van der Waals surface area contributed by atoms with E-state index < -0.39 is 64.6 Å². The van der Waals surface area contributed by atoms with Crippen molar-refractivity contribution in [1.29, 1.82) is 0 Å². The van der Waals surface area contributed by atoms with Crippen LogP contribution in [0.1, 0.15) is 112 Å². The fraction of sp³-hybridized carbons (Fsp3) is 0.824. The molecule has 1 unspecified atom stereocenters. The number of rotatable bonds is 14. The van der Waals surface area contributed by atoms with E-state index in [1.54, 1.807) is 0 Å². The van der Waals surface area contributed by atoms with Crippen molar-refractivity contribution in [3.05, 3.63) is 0 Å². The van der Waals surface area contributed by atoms with Gasteiger partial charge in [-0.3, -0.25) is 19.2 Å². The Balaban J connectivity index is 1.51. The van der Waals surface area contributed by atoms with Crippen LogP contribution < -0.4 is 21.7 Å². The molecule has 5 amide bonds. The zero-order valence-corrected chi connectivity index (χ0v) is 28.3. The predicted octanol–water partition coefficient (Wildman–Crippen LogP) is 2.96. The van der Waals surface area contributed by atoms with Gasteiger partial charge < -0.3 is 31.3 Å². The third kappa shape index (κ3) is 9.44. The molecule has 4 atom stereocenters. The first-order valence-electron chi connectivity index (χ1n) is 17.3. The van der Waals surface area contributed by atoms with Crippen LogP contribution in [0.4, 0.5) is 4.79 Å². The van der Waals surface area contributed by atoms with E-state index >= 15 is 0 Å². The molecular weight excluding hydrogens is 590 g/mol. The van der Waals surface area contributed by atoms with Crippen molar-refractivity contribution in [2.45, 2.75) is 135 Å². The number of ether oxygens (including phenoxy) is 1. The average Bonchev–Trinajstić information content (AvgIpc) is 3.92. The normalized spacial score (nSPS) is 24.1. The van der Waals surface area contributed by atoms with Crippen molar-refractivity contribution in [2.24, 2.45) is 34.8 Å². The van der Waals surface area contributed by atoms with E-state index in [9.17, 15) is 28.8 Å². The lowest BCUT2D eigenvalue weighted by atomic mass is 9.81.